The lowest BCUT2D eigenvalue weighted by molar-refractivity contribution is -0.155. The Morgan fingerprint density at radius 2 is 1.33 bits per heavy atom. The summed E-state index contributed by atoms with van der Waals surface area (Å²) in [5, 5.41) is 19.7. The smallest absolute Gasteiger partial charge is 0.330 e. The zero-order valence-electron chi connectivity index (χ0n) is 35.1. The monoisotopic (exact) mass is 817 g/mol. The van der Waals surface area contributed by atoms with Gasteiger partial charge in [-0.2, -0.15) is 0 Å². The first-order valence-electron chi connectivity index (χ1n) is 21.6. The molecule has 1 aliphatic carbocycles. The number of aromatic nitrogens is 4. The van der Waals surface area contributed by atoms with Crippen molar-refractivity contribution in [2.75, 3.05) is 13.2 Å². The molecule has 1 fully saturated rings. The number of ether oxygens (including phenoxy) is 1. The highest BCUT2D eigenvalue weighted by Crippen LogP contribution is 2.43. The molecule has 1 aromatic heterocycles. The van der Waals surface area contributed by atoms with Gasteiger partial charge in [0.25, 0.3) is 0 Å². The molecule has 61 heavy (non-hydrogen) atoms. The fourth-order valence-corrected chi connectivity index (χ4v) is 8.48. The number of hydrogen-bond acceptors (Lipinski definition) is 7. The standard InChI is InChI=1S/C50H55N7O4/c1-3-5-30-46(58)56(45(48(59)61-4-2)35-51-49(60)52-42-26-16-9-17-27-42)36-37-31-33-38(34-32-37)43-28-18-19-29-44(43)47-53-54-55-57(47)50(39-20-10-6-11-21-39,40-22-12-7-13-23-40)41-24-14-8-15-25-41/h6-8,10-15,18-25,28-29,31-34,42,45H,3-5,9,16-17,26-27,30,35-36H2,1-2H3,(H2,51,52,60). The molecule has 6 aromatic rings. The van der Waals surface area contributed by atoms with E-state index < -0.39 is 17.6 Å². The summed E-state index contributed by atoms with van der Waals surface area (Å²) < 4.78 is 7.41. The minimum Gasteiger partial charge on any atom is -0.464 e. The van der Waals surface area contributed by atoms with Crippen LogP contribution in [-0.4, -0.2) is 68.3 Å². The Morgan fingerprint density at radius 3 is 1.90 bits per heavy atom. The fourth-order valence-electron chi connectivity index (χ4n) is 8.48. The van der Waals surface area contributed by atoms with Gasteiger partial charge in [-0.15, -0.1) is 5.10 Å². The number of amides is 3. The molecule has 11 nitrogen and oxygen atoms in total. The van der Waals surface area contributed by atoms with Crippen LogP contribution in [0.25, 0.3) is 22.5 Å². The van der Waals surface area contributed by atoms with Crippen LogP contribution in [-0.2, 0) is 26.4 Å². The van der Waals surface area contributed by atoms with E-state index in [4.69, 9.17) is 15.0 Å². The molecule has 7 rings (SSSR count). The summed E-state index contributed by atoms with van der Waals surface area (Å²) in [4.78, 5) is 41.9. The van der Waals surface area contributed by atoms with Gasteiger partial charge in [0.1, 0.15) is 11.6 Å². The van der Waals surface area contributed by atoms with E-state index in [9.17, 15) is 14.4 Å². The number of hydrogen-bond donors (Lipinski definition) is 2. The lowest BCUT2D eigenvalue weighted by Gasteiger charge is -2.36. The van der Waals surface area contributed by atoms with E-state index >= 15 is 0 Å². The molecule has 0 aliphatic heterocycles. The van der Waals surface area contributed by atoms with Crippen LogP contribution in [0.2, 0.25) is 0 Å². The Morgan fingerprint density at radius 1 is 0.754 bits per heavy atom. The maximum Gasteiger partial charge on any atom is 0.330 e. The van der Waals surface area contributed by atoms with E-state index in [1.165, 1.54) is 6.42 Å². The highest BCUT2D eigenvalue weighted by molar-refractivity contribution is 5.86. The lowest BCUT2D eigenvalue weighted by atomic mass is 9.77. The third-order valence-electron chi connectivity index (χ3n) is 11.5. The molecule has 1 aliphatic rings. The van der Waals surface area contributed by atoms with E-state index in [-0.39, 0.29) is 44.1 Å². The van der Waals surface area contributed by atoms with Crippen molar-refractivity contribution in [3.63, 3.8) is 0 Å². The number of carbonyl (C=O) groups is 3. The van der Waals surface area contributed by atoms with E-state index in [0.29, 0.717) is 12.2 Å². The third kappa shape index (κ3) is 9.72. The molecule has 0 saturated heterocycles. The van der Waals surface area contributed by atoms with Gasteiger partial charge in [0, 0.05) is 24.6 Å². The Balaban J connectivity index is 1.22. The van der Waals surface area contributed by atoms with Crippen molar-refractivity contribution >= 4 is 17.9 Å². The average Bonchev–Trinajstić information content (AvgIpc) is 3.80. The van der Waals surface area contributed by atoms with Crippen molar-refractivity contribution < 1.29 is 19.1 Å². The van der Waals surface area contributed by atoms with Gasteiger partial charge in [-0.1, -0.05) is 172 Å². The summed E-state index contributed by atoms with van der Waals surface area (Å²) in [6.07, 6.45) is 6.98. The van der Waals surface area contributed by atoms with Crippen LogP contribution in [0.5, 0.6) is 0 Å². The third-order valence-corrected chi connectivity index (χ3v) is 11.5. The Kier molecular flexibility index (Phi) is 14.3. The van der Waals surface area contributed by atoms with Crippen LogP contribution in [0.3, 0.4) is 0 Å². The molecule has 0 spiro atoms. The number of carbonyl (C=O) groups excluding carboxylic acids is 3. The van der Waals surface area contributed by atoms with Crippen LogP contribution >= 0.6 is 0 Å². The second-order valence-electron chi connectivity index (χ2n) is 15.5. The van der Waals surface area contributed by atoms with Crippen molar-refractivity contribution in [1.29, 1.82) is 0 Å². The number of rotatable bonds is 17. The average molecular weight is 818 g/mol. The molecule has 5 aromatic carbocycles. The van der Waals surface area contributed by atoms with Crippen LogP contribution in [0.1, 0.15) is 87.5 Å². The number of nitrogens with one attached hydrogen (secondary N) is 2. The molecule has 1 atom stereocenters. The number of unbranched alkanes of at least 4 members (excludes halogenated alkanes) is 1. The van der Waals surface area contributed by atoms with E-state index in [1.807, 2.05) is 109 Å². The minimum absolute atomic E-state index is 0.0636. The molecule has 0 bridgehead atoms. The van der Waals surface area contributed by atoms with Gasteiger partial charge in [0.2, 0.25) is 5.91 Å². The Hall–Kier alpha value is -6.62. The Labute approximate surface area is 358 Å². The van der Waals surface area contributed by atoms with Gasteiger partial charge < -0.3 is 20.3 Å². The zero-order valence-corrected chi connectivity index (χ0v) is 35.1. The van der Waals surface area contributed by atoms with Gasteiger partial charge in [-0.3, -0.25) is 4.79 Å². The molecular formula is C50H55N7O4. The lowest BCUT2D eigenvalue weighted by Crippen LogP contribution is -2.53. The number of nitrogens with zero attached hydrogens (tertiary/aromatic N) is 5. The molecule has 314 valence electrons. The van der Waals surface area contributed by atoms with Crippen LogP contribution in [0.15, 0.2) is 140 Å². The van der Waals surface area contributed by atoms with Crippen molar-refractivity contribution in [3.8, 4) is 22.5 Å². The zero-order chi connectivity index (χ0) is 42.4. The summed E-state index contributed by atoms with van der Waals surface area (Å²) >= 11 is 0. The summed E-state index contributed by atoms with van der Waals surface area (Å²) in [6.45, 7) is 4.01. The van der Waals surface area contributed by atoms with E-state index in [0.717, 1.165) is 71.0 Å². The number of benzene rings is 5. The normalized spacial score (nSPS) is 13.5. The van der Waals surface area contributed by atoms with Crippen LogP contribution < -0.4 is 10.6 Å². The topological polar surface area (TPSA) is 131 Å². The van der Waals surface area contributed by atoms with Crippen LogP contribution in [0, 0.1) is 0 Å². The summed E-state index contributed by atoms with van der Waals surface area (Å²) in [6, 6.07) is 45.7. The predicted octanol–water partition coefficient (Wildman–Crippen LogP) is 8.93. The van der Waals surface area contributed by atoms with E-state index in [2.05, 4.69) is 58.3 Å². The van der Waals surface area contributed by atoms with Gasteiger partial charge >= 0.3 is 12.0 Å². The molecule has 1 saturated carbocycles. The molecule has 1 unspecified atom stereocenters. The van der Waals surface area contributed by atoms with Gasteiger partial charge in [-0.05, 0) is 70.0 Å². The summed E-state index contributed by atoms with van der Waals surface area (Å²) in [5.41, 5.74) is 5.59. The fraction of sp³-hybridized carbons (Fsp3) is 0.320. The van der Waals surface area contributed by atoms with Crippen molar-refractivity contribution in [1.82, 2.24) is 35.7 Å². The predicted molar refractivity (Wildman–Crippen MR) is 237 cm³/mol. The van der Waals surface area contributed by atoms with Gasteiger partial charge in [-0.25, -0.2) is 14.3 Å². The number of urea groups is 1. The summed E-state index contributed by atoms with van der Waals surface area (Å²) in [7, 11) is 0. The maximum atomic E-state index is 13.9. The summed E-state index contributed by atoms with van der Waals surface area (Å²) in [5.74, 6) is -0.137. The van der Waals surface area contributed by atoms with Crippen molar-refractivity contribution in [2.24, 2.45) is 0 Å². The largest absolute Gasteiger partial charge is 0.464 e. The molecule has 11 heteroatoms. The molecule has 0 radical (unpaired) electrons. The molecule has 3 amide bonds. The van der Waals surface area contributed by atoms with E-state index in [1.54, 1.807) is 11.8 Å². The maximum absolute atomic E-state index is 13.9. The first-order chi connectivity index (χ1) is 29.9. The molecule has 2 N–H and O–H groups in total. The first kappa shape index (κ1) is 42.5. The second-order valence-corrected chi connectivity index (χ2v) is 15.5. The minimum atomic E-state index is -1.00. The van der Waals surface area contributed by atoms with Crippen molar-refractivity contribution in [3.05, 3.63) is 162 Å². The SMILES string of the molecule is CCCCC(=O)N(Cc1ccc(-c2ccccc2-c2nnnn2C(c2ccccc2)(c2ccccc2)c2ccccc2)cc1)C(CNC(=O)NC1CCCCC1)C(=O)OCC. The number of tetrazole rings is 1. The highest BCUT2D eigenvalue weighted by atomic mass is 16.5. The quantitative estimate of drug-likeness (QED) is 0.0695. The first-order valence-corrected chi connectivity index (χ1v) is 21.6. The van der Waals surface area contributed by atoms with Crippen LogP contribution in [0.4, 0.5) is 4.79 Å². The highest BCUT2D eigenvalue weighted by Gasteiger charge is 2.42. The number of esters is 1. The molecule has 1 heterocycles. The molecular weight excluding hydrogens is 763 g/mol. The van der Waals surface area contributed by atoms with Gasteiger partial charge in [0.05, 0.1) is 13.2 Å². The second kappa shape index (κ2) is 20.6. The Bertz CT molecular complexity index is 2230. The van der Waals surface area contributed by atoms with Gasteiger partial charge in [0.15, 0.2) is 5.82 Å². The van der Waals surface area contributed by atoms with Crippen molar-refractivity contribution in [2.45, 2.75) is 89.4 Å².